The number of thiophene rings is 1. The highest BCUT2D eigenvalue weighted by Gasteiger charge is 2.39. The maximum absolute atomic E-state index is 12.9. The molecule has 1 heterocycles. The molecule has 82 valence electrons. The average molecular weight is 230 g/mol. The van der Waals surface area contributed by atoms with Crippen molar-refractivity contribution in [3.63, 3.8) is 0 Å². The molecule has 4 heteroatoms. The lowest BCUT2D eigenvalue weighted by Crippen LogP contribution is -2.30. The molecule has 0 saturated carbocycles. The summed E-state index contributed by atoms with van der Waals surface area (Å²) in [5.74, 6) is -2.77. The van der Waals surface area contributed by atoms with Crippen LogP contribution in [0, 0.1) is 6.92 Å². The third kappa shape index (κ3) is 2.11. The number of aliphatic hydroxyl groups is 1. The Labute approximate surface area is 91.1 Å². The van der Waals surface area contributed by atoms with Crippen LogP contribution < -0.4 is 0 Å². The van der Waals surface area contributed by atoms with E-state index in [1.54, 1.807) is 6.07 Å². The number of rotatable bonds is 1. The van der Waals surface area contributed by atoms with E-state index < -0.39 is 11.5 Å². The highest BCUT2D eigenvalue weighted by Crippen LogP contribution is 2.40. The predicted octanol–water partition coefficient (Wildman–Crippen LogP) is 3.23. The molecule has 1 aliphatic carbocycles. The minimum atomic E-state index is -2.77. The fourth-order valence-corrected chi connectivity index (χ4v) is 2.62. The Morgan fingerprint density at radius 3 is 2.47 bits per heavy atom. The summed E-state index contributed by atoms with van der Waals surface area (Å²) in [6.07, 6.45) is 1.82. The monoisotopic (exact) mass is 230 g/mol. The molecule has 1 nitrogen and oxygen atoms in total. The zero-order valence-corrected chi connectivity index (χ0v) is 9.15. The van der Waals surface area contributed by atoms with Gasteiger partial charge in [-0.3, -0.25) is 0 Å². The molecule has 1 aromatic heterocycles. The molecule has 1 aliphatic rings. The summed E-state index contributed by atoms with van der Waals surface area (Å²) in [6, 6.07) is 3.69. The molecular formula is C11H12F2OS. The molecule has 0 aliphatic heterocycles. The third-order valence-corrected chi connectivity index (χ3v) is 3.78. The van der Waals surface area contributed by atoms with Crippen molar-refractivity contribution < 1.29 is 13.9 Å². The highest BCUT2D eigenvalue weighted by molar-refractivity contribution is 7.12. The summed E-state index contributed by atoms with van der Waals surface area (Å²) in [6.45, 7) is 1.93. The molecule has 1 N–H and O–H groups in total. The van der Waals surface area contributed by atoms with Gasteiger partial charge in [0.2, 0.25) is 0 Å². The van der Waals surface area contributed by atoms with Gasteiger partial charge in [-0.1, -0.05) is 0 Å². The standard InChI is InChI=1S/C11H12F2OS/c1-8-2-3-9(15-8)10(14)4-6-11(12,13)7-5-10/h2-4,6,14H,5,7H2,1H3. The third-order valence-electron chi connectivity index (χ3n) is 2.61. The smallest absolute Gasteiger partial charge is 0.266 e. The van der Waals surface area contributed by atoms with Crippen LogP contribution >= 0.6 is 11.3 Å². The zero-order valence-electron chi connectivity index (χ0n) is 8.34. The van der Waals surface area contributed by atoms with Gasteiger partial charge in [0, 0.05) is 16.2 Å². The molecule has 1 unspecified atom stereocenters. The van der Waals surface area contributed by atoms with E-state index in [1.165, 1.54) is 17.4 Å². The normalized spacial score (nSPS) is 29.3. The molecule has 1 atom stereocenters. The maximum atomic E-state index is 12.9. The molecule has 0 radical (unpaired) electrons. The minimum Gasteiger partial charge on any atom is -0.380 e. The molecule has 2 rings (SSSR count). The number of alkyl halides is 2. The van der Waals surface area contributed by atoms with Crippen molar-refractivity contribution in [2.45, 2.75) is 31.3 Å². The number of halogens is 2. The SMILES string of the molecule is Cc1ccc(C2(O)C=CC(F)(F)CC2)s1. The second kappa shape index (κ2) is 3.39. The van der Waals surface area contributed by atoms with Crippen LogP contribution in [0.2, 0.25) is 0 Å². The van der Waals surface area contributed by atoms with E-state index in [-0.39, 0.29) is 12.8 Å². The molecule has 0 bridgehead atoms. The second-order valence-electron chi connectivity index (χ2n) is 3.93. The first kappa shape index (κ1) is 10.8. The zero-order chi connectivity index (χ0) is 11.1. The van der Waals surface area contributed by atoms with Gasteiger partial charge in [-0.15, -0.1) is 11.3 Å². The quantitative estimate of drug-likeness (QED) is 0.734. The van der Waals surface area contributed by atoms with Crippen molar-refractivity contribution in [2.24, 2.45) is 0 Å². The summed E-state index contributed by atoms with van der Waals surface area (Å²) in [5, 5.41) is 10.2. The molecular weight excluding hydrogens is 218 g/mol. The summed E-state index contributed by atoms with van der Waals surface area (Å²) >= 11 is 1.45. The van der Waals surface area contributed by atoms with Gasteiger partial charge < -0.3 is 5.11 Å². The van der Waals surface area contributed by atoms with Gasteiger partial charge in [0.25, 0.3) is 5.92 Å². The van der Waals surface area contributed by atoms with Gasteiger partial charge in [0.15, 0.2) is 0 Å². The molecule has 15 heavy (non-hydrogen) atoms. The molecule has 0 fully saturated rings. The van der Waals surface area contributed by atoms with Crippen molar-refractivity contribution in [2.75, 3.05) is 0 Å². The van der Waals surface area contributed by atoms with Crippen molar-refractivity contribution in [1.29, 1.82) is 0 Å². The molecule has 0 aromatic carbocycles. The first-order valence-corrected chi connectivity index (χ1v) is 5.60. The van der Waals surface area contributed by atoms with Crippen molar-refractivity contribution >= 4 is 11.3 Å². The Balaban J connectivity index is 2.30. The Morgan fingerprint density at radius 1 is 1.27 bits per heavy atom. The van der Waals surface area contributed by atoms with Gasteiger partial charge in [0.1, 0.15) is 5.60 Å². The summed E-state index contributed by atoms with van der Waals surface area (Å²) < 4.78 is 25.7. The number of aryl methyl sites for hydroxylation is 1. The van der Waals surface area contributed by atoms with E-state index in [0.717, 1.165) is 15.8 Å². The highest BCUT2D eigenvalue weighted by atomic mass is 32.1. The van der Waals surface area contributed by atoms with Gasteiger partial charge >= 0.3 is 0 Å². The number of hydrogen-bond acceptors (Lipinski definition) is 2. The van der Waals surface area contributed by atoms with E-state index in [1.807, 2.05) is 13.0 Å². The second-order valence-corrected chi connectivity index (χ2v) is 5.22. The Kier molecular flexibility index (Phi) is 2.43. The minimum absolute atomic E-state index is 0.0798. The van der Waals surface area contributed by atoms with Gasteiger partial charge in [-0.2, -0.15) is 0 Å². The fourth-order valence-electron chi connectivity index (χ4n) is 1.66. The summed E-state index contributed by atoms with van der Waals surface area (Å²) in [5.41, 5.74) is -1.19. The summed E-state index contributed by atoms with van der Waals surface area (Å²) in [4.78, 5) is 1.82. The van der Waals surface area contributed by atoms with Gasteiger partial charge in [-0.25, -0.2) is 8.78 Å². The van der Waals surface area contributed by atoms with Crippen LogP contribution in [0.3, 0.4) is 0 Å². The Morgan fingerprint density at radius 2 is 2.00 bits per heavy atom. The maximum Gasteiger partial charge on any atom is 0.266 e. The Bertz CT molecular complexity index is 397. The number of allylic oxidation sites excluding steroid dienone is 1. The van der Waals surface area contributed by atoms with E-state index >= 15 is 0 Å². The van der Waals surface area contributed by atoms with Crippen molar-refractivity contribution in [3.8, 4) is 0 Å². The van der Waals surface area contributed by atoms with Gasteiger partial charge in [-0.05, 0) is 37.6 Å². The van der Waals surface area contributed by atoms with Crippen LogP contribution in [0.25, 0.3) is 0 Å². The first-order chi connectivity index (χ1) is 6.91. The van der Waals surface area contributed by atoms with E-state index in [4.69, 9.17) is 0 Å². The van der Waals surface area contributed by atoms with Crippen LogP contribution in [-0.2, 0) is 5.60 Å². The van der Waals surface area contributed by atoms with Crippen molar-refractivity contribution in [3.05, 3.63) is 34.0 Å². The van der Waals surface area contributed by atoms with Crippen LogP contribution in [0.5, 0.6) is 0 Å². The lowest BCUT2D eigenvalue weighted by atomic mass is 9.88. The Hall–Kier alpha value is -0.740. The fraction of sp³-hybridized carbons (Fsp3) is 0.455. The molecule has 0 spiro atoms. The average Bonchev–Trinajstić information content (AvgIpc) is 2.59. The molecule has 0 saturated heterocycles. The van der Waals surface area contributed by atoms with Crippen molar-refractivity contribution in [1.82, 2.24) is 0 Å². The predicted molar refractivity (Wildman–Crippen MR) is 56.3 cm³/mol. The van der Waals surface area contributed by atoms with Crippen LogP contribution in [-0.4, -0.2) is 11.0 Å². The number of hydrogen-bond donors (Lipinski definition) is 1. The summed E-state index contributed by atoms with van der Waals surface area (Å²) in [7, 11) is 0. The topological polar surface area (TPSA) is 20.2 Å². The van der Waals surface area contributed by atoms with Crippen LogP contribution in [0.4, 0.5) is 8.78 Å². The molecule has 0 amide bonds. The van der Waals surface area contributed by atoms with Gasteiger partial charge in [0.05, 0.1) is 0 Å². The lowest BCUT2D eigenvalue weighted by molar-refractivity contribution is -0.0122. The first-order valence-electron chi connectivity index (χ1n) is 4.79. The largest absolute Gasteiger partial charge is 0.380 e. The van der Waals surface area contributed by atoms with Crippen LogP contribution in [0.15, 0.2) is 24.3 Å². The van der Waals surface area contributed by atoms with E-state index in [9.17, 15) is 13.9 Å². The van der Waals surface area contributed by atoms with Crippen LogP contribution in [0.1, 0.15) is 22.6 Å². The van der Waals surface area contributed by atoms with E-state index in [2.05, 4.69) is 0 Å². The van der Waals surface area contributed by atoms with E-state index in [0.29, 0.717) is 0 Å². The lowest BCUT2D eigenvalue weighted by Gasteiger charge is -2.29. The molecule has 1 aromatic rings.